The number of hydrogen-bond donors (Lipinski definition) is 1. The smallest absolute Gasteiger partial charge is 0.00428 e. The molecule has 0 unspecified atom stereocenters. The van der Waals surface area contributed by atoms with Gasteiger partial charge < -0.3 is 5.73 Å². The van der Waals surface area contributed by atoms with Crippen LogP contribution in [0.5, 0.6) is 0 Å². The fraction of sp³-hybridized carbons (Fsp3) is 0.538. The molecule has 3 rings (SSSR count). The lowest BCUT2D eigenvalue weighted by molar-refractivity contribution is 0.809. The quantitative estimate of drug-likeness (QED) is 0.773. The molecule has 2 N–H and O–H groups in total. The van der Waals surface area contributed by atoms with E-state index in [2.05, 4.69) is 24.3 Å². The number of rotatable bonds is 3. The zero-order chi connectivity index (χ0) is 9.54. The van der Waals surface area contributed by atoms with Crippen LogP contribution in [0, 0.1) is 5.92 Å². The summed E-state index contributed by atoms with van der Waals surface area (Å²) in [5.41, 5.74) is 8.69. The third-order valence-electron chi connectivity index (χ3n) is 3.64. The molecule has 14 heavy (non-hydrogen) atoms. The maximum absolute atomic E-state index is 5.65. The first-order valence-corrected chi connectivity index (χ1v) is 5.68. The summed E-state index contributed by atoms with van der Waals surface area (Å²) in [6.07, 6.45) is 4.10. The highest BCUT2D eigenvalue weighted by Gasteiger charge is 2.36. The monoisotopic (exact) mass is 187 g/mol. The average Bonchev–Trinajstić information content (AvgIpc) is 3.11. The van der Waals surface area contributed by atoms with Crippen LogP contribution in [0.4, 0.5) is 0 Å². The van der Waals surface area contributed by atoms with E-state index in [-0.39, 0.29) is 0 Å². The first-order valence-electron chi connectivity index (χ1n) is 5.68. The lowest BCUT2D eigenvalue weighted by Gasteiger charge is -2.01. The summed E-state index contributed by atoms with van der Waals surface area (Å²) in [5, 5.41) is 0. The van der Waals surface area contributed by atoms with Crippen molar-refractivity contribution in [1.82, 2.24) is 0 Å². The van der Waals surface area contributed by atoms with E-state index in [4.69, 9.17) is 5.73 Å². The highest BCUT2D eigenvalue weighted by atomic mass is 14.6. The van der Waals surface area contributed by atoms with E-state index in [1.165, 1.54) is 24.8 Å². The summed E-state index contributed by atoms with van der Waals surface area (Å²) >= 11 is 0. The summed E-state index contributed by atoms with van der Waals surface area (Å²) in [5.74, 6) is 2.42. The Kier molecular flexibility index (Phi) is 1.88. The number of hydrogen-bond acceptors (Lipinski definition) is 1. The standard InChI is InChI=1S/C13H17N/c14-8-12-7-13(12)11-5-3-10(4-6-11)9-1-2-9/h3-6,9,12-13H,1-2,7-8,14H2/t12-,13-/m0/s1. The van der Waals surface area contributed by atoms with Gasteiger partial charge in [0.2, 0.25) is 0 Å². The van der Waals surface area contributed by atoms with E-state index in [0.717, 1.165) is 24.3 Å². The molecule has 0 heterocycles. The van der Waals surface area contributed by atoms with E-state index in [1.54, 1.807) is 5.56 Å². The molecule has 2 atom stereocenters. The van der Waals surface area contributed by atoms with Crippen LogP contribution in [0.15, 0.2) is 24.3 Å². The normalized spacial score (nSPS) is 30.4. The molecule has 1 nitrogen and oxygen atoms in total. The van der Waals surface area contributed by atoms with Crippen molar-refractivity contribution < 1.29 is 0 Å². The highest BCUT2D eigenvalue weighted by Crippen LogP contribution is 2.47. The third-order valence-corrected chi connectivity index (χ3v) is 3.64. The molecular weight excluding hydrogens is 170 g/mol. The molecule has 0 amide bonds. The maximum Gasteiger partial charge on any atom is -0.00428 e. The van der Waals surface area contributed by atoms with Crippen LogP contribution in [-0.2, 0) is 0 Å². The fourth-order valence-electron chi connectivity index (χ4n) is 2.35. The lowest BCUT2D eigenvalue weighted by Crippen LogP contribution is -2.01. The van der Waals surface area contributed by atoms with Gasteiger partial charge in [0.25, 0.3) is 0 Å². The van der Waals surface area contributed by atoms with Crippen molar-refractivity contribution in [3.8, 4) is 0 Å². The molecule has 1 aromatic carbocycles. The van der Waals surface area contributed by atoms with Gasteiger partial charge in [0.1, 0.15) is 0 Å². The molecule has 0 radical (unpaired) electrons. The van der Waals surface area contributed by atoms with Crippen molar-refractivity contribution in [3.63, 3.8) is 0 Å². The number of benzene rings is 1. The summed E-state index contributed by atoms with van der Waals surface area (Å²) in [7, 11) is 0. The maximum atomic E-state index is 5.65. The Morgan fingerprint density at radius 1 is 1.07 bits per heavy atom. The molecule has 74 valence electrons. The second-order valence-electron chi connectivity index (χ2n) is 4.78. The molecule has 2 aliphatic rings. The SMILES string of the molecule is NC[C@@H]1C[C@H]1c1ccc(C2CC2)cc1. The zero-order valence-electron chi connectivity index (χ0n) is 8.45. The van der Waals surface area contributed by atoms with Gasteiger partial charge in [-0.3, -0.25) is 0 Å². The van der Waals surface area contributed by atoms with Crippen molar-refractivity contribution in [2.75, 3.05) is 6.54 Å². The Hall–Kier alpha value is -0.820. The van der Waals surface area contributed by atoms with Gasteiger partial charge in [0.15, 0.2) is 0 Å². The molecule has 0 spiro atoms. The third kappa shape index (κ3) is 1.46. The first kappa shape index (κ1) is 8.49. The molecule has 0 bridgehead atoms. The van der Waals surface area contributed by atoms with E-state index in [9.17, 15) is 0 Å². The van der Waals surface area contributed by atoms with Crippen molar-refractivity contribution in [3.05, 3.63) is 35.4 Å². The van der Waals surface area contributed by atoms with E-state index < -0.39 is 0 Å². The molecule has 2 aliphatic carbocycles. The lowest BCUT2D eigenvalue weighted by atomic mass is 10.0. The van der Waals surface area contributed by atoms with Crippen LogP contribution in [0.25, 0.3) is 0 Å². The van der Waals surface area contributed by atoms with Crippen LogP contribution in [0.2, 0.25) is 0 Å². The molecule has 1 heteroatoms. The van der Waals surface area contributed by atoms with E-state index >= 15 is 0 Å². The Morgan fingerprint density at radius 3 is 2.21 bits per heavy atom. The summed E-state index contributed by atoms with van der Waals surface area (Å²) in [6.45, 7) is 0.856. The van der Waals surface area contributed by atoms with Gasteiger partial charge in [0, 0.05) is 0 Å². The van der Waals surface area contributed by atoms with E-state index in [1.807, 2.05) is 0 Å². The van der Waals surface area contributed by atoms with Gasteiger partial charge in [-0.15, -0.1) is 0 Å². The molecule has 2 fully saturated rings. The van der Waals surface area contributed by atoms with Crippen molar-refractivity contribution in [2.24, 2.45) is 11.7 Å². The van der Waals surface area contributed by atoms with Gasteiger partial charge in [-0.25, -0.2) is 0 Å². The Balaban J connectivity index is 1.74. The summed E-state index contributed by atoms with van der Waals surface area (Å²) in [6, 6.07) is 9.26. The molecule has 0 saturated heterocycles. The van der Waals surface area contributed by atoms with Crippen LogP contribution in [0.3, 0.4) is 0 Å². The molecule has 0 aliphatic heterocycles. The first-order chi connectivity index (χ1) is 6.88. The Bertz CT molecular complexity index is 324. The van der Waals surface area contributed by atoms with Gasteiger partial charge in [-0.05, 0) is 54.7 Å². The second-order valence-corrected chi connectivity index (χ2v) is 4.78. The minimum absolute atomic E-state index is 0.766. The predicted octanol–water partition coefficient (Wildman–Crippen LogP) is 2.63. The Morgan fingerprint density at radius 2 is 1.71 bits per heavy atom. The van der Waals surface area contributed by atoms with E-state index in [0.29, 0.717) is 0 Å². The minimum Gasteiger partial charge on any atom is -0.330 e. The van der Waals surface area contributed by atoms with Crippen LogP contribution < -0.4 is 5.73 Å². The molecular formula is C13H17N. The van der Waals surface area contributed by atoms with Gasteiger partial charge in [-0.2, -0.15) is 0 Å². The summed E-state index contributed by atoms with van der Waals surface area (Å²) < 4.78 is 0. The van der Waals surface area contributed by atoms with Gasteiger partial charge in [-0.1, -0.05) is 24.3 Å². The van der Waals surface area contributed by atoms with Crippen molar-refractivity contribution in [1.29, 1.82) is 0 Å². The summed E-state index contributed by atoms with van der Waals surface area (Å²) in [4.78, 5) is 0. The molecule has 2 saturated carbocycles. The average molecular weight is 187 g/mol. The molecule has 1 aromatic rings. The number of nitrogens with two attached hydrogens (primary N) is 1. The van der Waals surface area contributed by atoms with Crippen molar-refractivity contribution in [2.45, 2.75) is 31.1 Å². The predicted molar refractivity (Wildman–Crippen MR) is 58.3 cm³/mol. The van der Waals surface area contributed by atoms with Crippen LogP contribution in [0.1, 0.15) is 42.2 Å². The largest absolute Gasteiger partial charge is 0.330 e. The van der Waals surface area contributed by atoms with Gasteiger partial charge >= 0.3 is 0 Å². The minimum atomic E-state index is 0.766. The van der Waals surface area contributed by atoms with Crippen LogP contribution in [-0.4, -0.2) is 6.54 Å². The van der Waals surface area contributed by atoms with Crippen LogP contribution >= 0.6 is 0 Å². The van der Waals surface area contributed by atoms with Gasteiger partial charge in [0.05, 0.1) is 0 Å². The second kappa shape index (κ2) is 3.09. The molecule has 0 aromatic heterocycles. The van der Waals surface area contributed by atoms with Crippen molar-refractivity contribution >= 4 is 0 Å². The topological polar surface area (TPSA) is 26.0 Å². The highest BCUT2D eigenvalue weighted by molar-refractivity contribution is 5.32. The Labute approximate surface area is 85.3 Å². The zero-order valence-corrected chi connectivity index (χ0v) is 8.45. The fourth-order valence-corrected chi connectivity index (χ4v) is 2.35.